The van der Waals surface area contributed by atoms with Gasteiger partial charge in [-0.3, -0.25) is 4.79 Å². The van der Waals surface area contributed by atoms with Gasteiger partial charge in [0.1, 0.15) is 11.3 Å². The van der Waals surface area contributed by atoms with Gasteiger partial charge in [0.05, 0.1) is 10.5 Å². The van der Waals surface area contributed by atoms with Gasteiger partial charge in [0.25, 0.3) is 0 Å². The molecule has 1 aromatic heterocycles. The lowest BCUT2D eigenvalue weighted by Gasteiger charge is -2.33. The maximum Gasteiger partial charge on any atom is 0.243 e. The number of ketones is 1. The number of nitrogens with zero attached hydrogens (tertiary/aromatic N) is 2. The number of para-hydroxylation sites is 1. The van der Waals surface area contributed by atoms with Crippen molar-refractivity contribution in [2.45, 2.75) is 24.2 Å². The van der Waals surface area contributed by atoms with Gasteiger partial charge in [-0.25, -0.2) is 8.42 Å². The number of carbonyl (C=O) groups excluding carboxylic acids is 1. The number of carbonyl (C=O) groups is 1. The van der Waals surface area contributed by atoms with E-state index in [4.69, 9.17) is 4.42 Å². The van der Waals surface area contributed by atoms with Crippen molar-refractivity contribution in [1.82, 2.24) is 9.21 Å². The highest BCUT2D eigenvalue weighted by Crippen LogP contribution is 2.45. The zero-order valence-electron chi connectivity index (χ0n) is 17.3. The lowest BCUT2D eigenvalue weighted by Crippen LogP contribution is -2.47. The topological polar surface area (TPSA) is 70.8 Å². The summed E-state index contributed by atoms with van der Waals surface area (Å²) >= 11 is 0. The molecule has 156 valence electrons. The highest BCUT2D eigenvalue weighted by molar-refractivity contribution is 7.89. The molecular weight excluding hydrogens is 400 g/mol. The zero-order chi connectivity index (χ0) is 21.3. The van der Waals surface area contributed by atoms with E-state index in [-0.39, 0.29) is 10.7 Å². The molecule has 30 heavy (non-hydrogen) atoms. The van der Waals surface area contributed by atoms with Crippen LogP contribution in [-0.2, 0) is 15.4 Å². The number of sulfonamides is 1. The standard InChI is InChI=1S/C23H24N2O4S/c1-23(2)18-14-15(30(27,28)25-12-10-24(3)11-13-25)8-9-16(18)21(26)20-17-6-4-5-7-19(17)29-22(20)23/h4-9,14H,10-13H2,1-3H3. The predicted molar refractivity (Wildman–Crippen MR) is 114 cm³/mol. The van der Waals surface area contributed by atoms with E-state index in [2.05, 4.69) is 4.90 Å². The van der Waals surface area contributed by atoms with Crippen molar-refractivity contribution in [3.05, 3.63) is 64.9 Å². The average Bonchev–Trinajstić information content (AvgIpc) is 3.13. The van der Waals surface area contributed by atoms with Gasteiger partial charge in [0, 0.05) is 42.5 Å². The van der Waals surface area contributed by atoms with Crippen LogP contribution in [0.5, 0.6) is 0 Å². The Balaban J connectivity index is 1.64. The van der Waals surface area contributed by atoms with E-state index in [0.29, 0.717) is 54.2 Å². The molecule has 2 heterocycles. The lowest BCUT2D eigenvalue weighted by atomic mass is 9.72. The van der Waals surface area contributed by atoms with Crippen molar-refractivity contribution in [3.63, 3.8) is 0 Å². The molecule has 0 saturated carbocycles. The Morgan fingerprint density at radius 3 is 2.43 bits per heavy atom. The number of fused-ring (bicyclic) bond motifs is 4. The van der Waals surface area contributed by atoms with Crippen molar-refractivity contribution in [2.24, 2.45) is 0 Å². The highest BCUT2D eigenvalue weighted by atomic mass is 32.2. The van der Waals surface area contributed by atoms with E-state index >= 15 is 0 Å². The van der Waals surface area contributed by atoms with Gasteiger partial charge in [0.2, 0.25) is 10.0 Å². The number of hydrogen-bond donors (Lipinski definition) is 0. The van der Waals surface area contributed by atoms with Crippen LogP contribution >= 0.6 is 0 Å². The summed E-state index contributed by atoms with van der Waals surface area (Å²) in [4.78, 5) is 15.7. The Morgan fingerprint density at radius 1 is 1.00 bits per heavy atom. The van der Waals surface area contributed by atoms with Gasteiger partial charge < -0.3 is 9.32 Å². The lowest BCUT2D eigenvalue weighted by molar-refractivity contribution is 0.102. The fraction of sp³-hybridized carbons (Fsp3) is 0.348. The summed E-state index contributed by atoms with van der Waals surface area (Å²) < 4.78 is 34.1. The fourth-order valence-electron chi connectivity index (χ4n) is 4.54. The molecule has 1 fully saturated rings. The third-order valence-electron chi connectivity index (χ3n) is 6.40. The van der Waals surface area contributed by atoms with Crippen molar-refractivity contribution >= 4 is 26.8 Å². The molecule has 1 aliphatic carbocycles. The number of hydrogen-bond acceptors (Lipinski definition) is 5. The van der Waals surface area contributed by atoms with E-state index < -0.39 is 15.4 Å². The van der Waals surface area contributed by atoms with Crippen molar-refractivity contribution in [2.75, 3.05) is 33.2 Å². The van der Waals surface area contributed by atoms with Crippen LogP contribution in [0.3, 0.4) is 0 Å². The van der Waals surface area contributed by atoms with Crippen LogP contribution in [0.25, 0.3) is 11.0 Å². The SMILES string of the molecule is CN1CCN(S(=O)(=O)c2ccc3c(c2)C(C)(C)c2oc4ccccc4c2C3=O)CC1. The Hall–Kier alpha value is -2.48. The average molecular weight is 425 g/mol. The summed E-state index contributed by atoms with van der Waals surface area (Å²) in [5.74, 6) is 0.475. The van der Waals surface area contributed by atoms with Crippen LogP contribution in [0, 0.1) is 0 Å². The molecule has 0 spiro atoms. The van der Waals surface area contributed by atoms with Crippen molar-refractivity contribution < 1.29 is 17.6 Å². The zero-order valence-corrected chi connectivity index (χ0v) is 18.1. The maximum atomic E-state index is 13.3. The molecule has 0 unspecified atom stereocenters. The Labute approximate surface area is 176 Å². The second kappa shape index (κ2) is 6.51. The van der Waals surface area contributed by atoms with Crippen LogP contribution in [0.1, 0.15) is 41.1 Å². The third kappa shape index (κ3) is 2.69. The summed E-state index contributed by atoms with van der Waals surface area (Å²) in [5, 5.41) is 0.797. The molecule has 2 aromatic carbocycles. The second-order valence-corrected chi connectivity index (χ2v) is 10.6. The molecule has 0 atom stereocenters. The van der Waals surface area contributed by atoms with E-state index in [0.717, 1.165) is 5.39 Å². The molecule has 1 saturated heterocycles. The Bertz CT molecular complexity index is 1280. The molecule has 0 amide bonds. The van der Waals surface area contributed by atoms with Gasteiger partial charge in [-0.2, -0.15) is 4.31 Å². The first-order valence-corrected chi connectivity index (χ1v) is 11.5. The molecule has 0 radical (unpaired) electrons. The fourth-order valence-corrected chi connectivity index (χ4v) is 5.99. The largest absolute Gasteiger partial charge is 0.459 e. The van der Waals surface area contributed by atoms with Crippen LogP contribution in [0.2, 0.25) is 0 Å². The number of piperazine rings is 1. The van der Waals surface area contributed by atoms with E-state index in [1.165, 1.54) is 4.31 Å². The summed E-state index contributed by atoms with van der Waals surface area (Å²) in [7, 11) is -1.64. The van der Waals surface area contributed by atoms with Gasteiger partial charge in [-0.05, 0) is 50.7 Å². The molecule has 0 bridgehead atoms. The van der Waals surface area contributed by atoms with Crippen molar-refractivity contribution in [1.29, 1.82) is 0 Å². The molecule has 6 nitrogen and oxygen atoms in total. The number of rotatable bonds is 2. The van der Waals surface area contributed by atoms with Crippen LogP contribution in [0.15, 0.2) is 51.8 Å². The van der Waals surface area contributed by atoms with Gasteiger partial charge in [0.15, 0.2) is 5.78 Å². The molecular formula is C23H24N2O4S. The summed E-state index contributed by atoms with van der Waals surface area (Å²) in [6.07, 6.45) is 0. The smallest absolute Gasteiger partial charge is 0.243 e. The quantitative estimate of drug-likeness (QED) is 0.632. The molecule has 5 rings (SSSR count). The number of furan rings is 1. The van der Waals surface area contributed by atoms with E-state index in [9.17, 15) is 13.2 Å². The van der Waals surface area contributed by atoms with Gasteiger partial charge in [-0.15, -0.1) is 0 Å². The molecule has 0 N–H and O–H groups in total. The van der Waals surface area contributed by atoms with Crippen LogP contribution in [0.4, 0.5) is 0 Å². The van der Waals surface area contributed by atoms with E-state index in [1.807, 2.05) is 45.2 Å². The number of likely N-dealkylation sites (N-methyl/N-ethyl adjacent to an activating group) is 1. The van der Waals surface area contributed by atoms with Gasteiger partial charge in [-0.1, -0.05) is 18.2 Å². The van der Waals surface area contributed by atoms with Crippen LogP contribution in [-0.4, -0.2) is 56.6 Å². The first-order valence-electron chi connectivity index (χ1n) is 10.1. The Morgan fingerprint density at radius 2 is 1.70 bits per heavy atom. The summed E-state index contributed by atoms with van der Waals surface area (Å²) in [6, 6.07) is 12.4. The first kappa shape index (κ1) is 19.5. The minimum atomic E-state index is -3.62. The molecule has 1 aliphatic heterocycles. The van der Waals surface area contributed by atoms with Crippen LogP contribution < -0.4 is 0 Å². The normalized spacial score (nSPS) is 19.6. The number of benzene rings is 2. The highest BCUT2D eigenvalue weighted by Gasteiger charge is 2.42. The first-order chi connectivity index (χ1) is 14.2. The van der Waals surface area contributed by atoms with Crippen molar-refractivity contribution in [3.8, 4) is 0 Å². The summed E-state index contributed by atoms with van der Waals surface area (Å²) in [5.41, 5.74) is 1.84. The minimum Gasteiger partial charge on any atom is -0.459 e. The Kier molecular flexibility index (Phi) is 4.23. The monoisotopic (exact) mass is 424 g/mol. The maximum absolute atomic E-state index is 13.3. The second-order valence-electron chi connectivity index (χ2n) is 8.67. The summed E-state index contributed by atoms with van der Waals surface area (Å²) in [6.45, 7) is 6.29. The molecule has 7 heteroatoms. The molecule has 2 aliphatic rings. The van der Waals surface area contributed by atoms with Gasteiger partial charge >= 0.3 is 0 Å². The predicted octanol–water partition coefficient (Wildman–Crippen LogP) is 3.24. The van der Waals surface area contributed by atoms with E-state index in [1.54, 1.807) is 18.2 Å². The molecule has 3 aromatic rings. The third-order valence-corrected chi connectivity index (χ3v) is 8.29. The minimum absolute atomic E-state index is 0.118.